The van der Waals surface area contributed by atoms with Crippen molar-refractivity contribution >= 4 is 13.5 Å². The molecule has 0 saturated carbocycles. The fraction of sp³-hybridized carbons (Fsp3) is 0.143. The molecular formula is C7H10NO5P. The van der Waals surface area contributed by atoms with Gasteiger partial charge < -0.3 is 15.0 Å². The molecule has 1 aromatic carbocycles. The van der Waals surface area contributed by atoms with Gasteiger partial charge in [0.05, 0.1) is 7.11 Å². The van der Waals surface area contributed by atoms with Crippen LogP contribution in [-0.4, -0.2) is 16.9 Å². The summed E-state index contributed by atoms with van der Waals surface area (Å²) in [5.74, 6) is 0.128. The molecule has 0 unspecified atom stereocenters. The number of phosphoric ester groups is 1. The molecule has 4 N–H and O–H groups in total. The molecular weight excluding hydrogens is 209 g/mol. The van der Waals surface area contributed by atoms with E-state index in [-0.39, 0.29) is 11.5 Å². The first kappa shape index (κ1) is 10.8. The van der Waals surface area contributed by atoms with Crippen LogP contribution >= 0.6 is 7.82 Å². The highest BCUT2D eigenvalue weighted by molar-refractivity contribution is 7.46. The molecule has 0 saturated heterocycles. The zero-order chi connectivity index (χ0) is 10.8. The molecule has 0 radical (unpaired) electrons. The number of hydrogen-bond acceptors (Lipinski definition) is 4. The van der Waals surface area contributed by atoms with Crippen molar-refractivity contribution in [3.05, 3.63) is 18.2 Å². The lowest BCUT2D eigenvalue weighted by atomic mass is 10.3. The van der Waals surface area contributed by atoms with Gasteiger partial charge in [-0.1, -0.05) is 0 Å². The van der Waals surface area contributed by atoms with Gasteiger partial charge in [-0.3, -0.25) is 9.79 Å². The average molecular weight is 219 g/mol. The summed E-state index contributed by atoms with van der Waals surface area (Å²) in [6, 6.07) is 4.19. The number of benzene rings is 1. The Kier molecular flexibility index (Phi) is 3.00. The number of hydrogen-bond donors (Lipinski definition) is 3. The third-order valence-corrected chi connectivity index (χ3v) is 1.84. The van der Waals surface area contributed by atoms with Crippen molar-refractivity contribution in [3.8, 4) is 11.5 Å². The molecule has 0 fully saturated rings. The van der Waals surface area contributed by atoms with Gasteiger partial charge >= 0.3 is 7.82 Å². The summed E-state index contributed by atoms with van der Waals surface area (Å²) < 4.78 is 19.7. The van der Waals surface area contributed by atoms with Gasteiger partial charge in [-0.25, -0.2) is 4.57 Å². The van der Waals surface area contributed by atoms with Crippen LogP contribution in [0.2, 0.25) is 0 Å². The van der Waals surface area contributed by atoms with Crippen LogP contribution in [0.15, 0.2) is 18.2 Å². The molecule has 0 aliphatic rings. The van der Waals surface area contributed by atoms with Crippen LogP contribution in [0.3, 0.4) is 0 Å². The van der Waals surface area contributed by atoms with E-state index < -0.39 is 7.82 Å². The largest absolute Gasteiger partial charge is 0.524 e. The first-order valence-electron chi connectivity index (χ1n) is 3.61. The highest BCUT2D eigenvalue weighted by Crippen LogP contribution is 2.42. The number of methoxy groups -OCH3 is 1. The number of rotatable bonds is 3. The zero-order valence-corrected chi connectivity index (χ0v) is 8.27. The molecule has 0 heterocycles. The van der Waals surface area contributed by atoms with E-state index in [1.54, 1.807) is 0 Å². The van der Waals surface area contributed by atoms with E-state index in [0.29, 0.717) is 5.69 Å². The van der Waals surface area contributed by atoms with Gasteiger partial charge in [0.2, 0.25) is 0 Å². The molecule has 14 heavy (non-hydrogen) atoms. The number of ether oxygens (including phenoxy) is 1. The maximum Gasteiger partial charge on any atom is 0.524 e. The van der Waals surface area contributed by atoms with E-state index in [1.807, 2.05) is 0 Å². The normalized spacial score (nSPS) is 11.1. The summed E-state index contributed by atoms with van der Waals surface area (Å²) in [6.45, 7) is 0. The van der Waals surface area contributed by atoms with Crippen LogP contribution < -0.4 is 15.0 Å². The maximum absolute atomic E-state index is 10.5. The minimum absolute atomic E-state index is 0.0463. The second-order valence-corrected chi connectivity index (χ2v) is 3.66. The predicted octanol–water partition coefficient (Wildman–Crippen LogP) is 0.749. The summed E-state index contributed by atoms with van der Waals surface area (Å²) in [5.41, 5.74) is 5.85. The summed E-state index contributed by atoms with van der Waals surface area (Å²) in [7, 11) is -3.22. The summed E-state index contributed by atoms with van der Waals surface area (Å²) >= 11 is 0. The van der Waals surface area contributed by atoms with Crippen molar-refractivity contribution in [2.75, 3.05) is 12.8 Å². The Morgan fingerprint density at radius 2 is 2.00 bits per heavy atom. The molecule has 0 aliphatic carbocycles. The van der Waals surface area contributed by atoms with E-state index in [9.17, 15) is 4.57 Å². The first-order chi connectivity index (χ1) is 6.42. The average Bonchev–Trinajstić information content (AvgIpc) is 2.06. The second-order valence-electron chi connectivity index (χ2n) is 2.49. The lowest BCUT2D eigenvalue weighted by molar-refractivity contribution is 0.276. The Hall–Kier alpha value is -1.23. The van der Waals surface area contributed by atoms with E-state index >= 15 is 0 Å². The molecule has 1 aromatic rings. The minimum atomic E-state index is -4.56. The van der Waals surface area contributed by atoms with Gasteiger partial charge in [0.15, 0.2) is 11.5 Å². The van der Waals surface area contributed by atoms with Gasteiger partial charge in [0.1, 0.15) is 0 Å². The third-order valence-electron chi connectivity index (χ3n) is 1.40. The highest BCUT2D eigenvalue weighted by Gasteiger charge is 2.18. The summed E-state index contributed by atoms with van der Waals surface area (Å²) in [6.07, 6.45) is 0. The molecule has 1 rings (SSSR count). The maximum atomic E-state index is 10.5. The van der Waals surface area contributed by atoms with Gasteiger partial charge in [-0.2, -0.15) is 0 Å². The molecule has 0 aliphatic heterocycles. The molecule has 0 amide bonds. The van der Waals surface area contributed by atoms with Crippen molar-refractivity contribution in [2.24, 2.45) is 0 Å². The topological polar surface area (TPSA) is 102 Å². The Morgan fingerprint density at radius 1 is 1.36 bits per heavy atom. The molecule has 0 aromatic heterocycles. The minimum Gasteiger partial charge on any atom is -0.493 e. The van der Waals surface area contributed by atoms with Gasteiger partial charge in [0, 0.05) is 11.8 Å². The van der Waals surface area contributed by atoms with Gasteiger partial charge in [-0.05, 0) is 12.1 Å². The Morgan fingerprint density at radius 3 is 2.50 bits per heavy atom. The first-order valence-corrected chi connectivity index (χ1v) is 5.14. The monoisotopic (exact) mass is 219 g/mol. The standard InChI is InChI=1S/C7H10NO5P/c1-12-7-4-5(8)2-3-6(7)13-14(9,10)11/h2-4H,8H2,1H3,(H2,9,10,11). The van der Waals surface area contributed by atoms with E-state index in [0.717, 1.165) is 0 Å². The Labute approximate surface area is 80.5 Å². The zero-order valence-electron chi connectivity index (χ0n) is 7.38. The fourth-order valence-corrected chi connectivity index (χ4v) is 1.29. The van der Waals surface area contributed by atoms with Crippen LogP contribution in [0.4, 0.5) is 5.69 Å². The molecule has 0 atom stereocenters. The molecule has 0 spiro atoms. The third kappa shape index (κ3) is 2.92. The molecule has 78 valence electrons. The van der Waals surface area contributed by atoms with Crippen LogP contribution in [0.5, 0.6) is 11.5 Å². The number of phosphoric acid groups is 1. The number of nitrogens with two attached hydrogens (primary N) is 1. The Balaban J connectivity index is 3.03. The lowest BCUT2D eigenvalue weighted by Crippen LogP contribution is -1.95. The molecule has 0 bridgehead atoms. The van der Waals surface area contributed by atoms with E-state index in [4.69, 9.17) is 20.3 Å². The van der Waals surface area contributed by atoms with Crippen molar-refractivity contribution in [1.82, 2.24) is 0 Å². The second kappa shape index (κ2) is 3.88. The summed E-state index contributed by atoms with van der Waals surface area (Å²) in [4.78, 5) is 17.1. The van der Waals surface area contributed by atoms with Crippen LogP contribution in [0.1, 0.15) is 0 Å². The van der Waals surface area contributed by atoms with Crippen LogP contribution in [0.25, 0.3) is 0 Å². The molecule has 7 heteroatoms. The van der Waals surface area contributed by atoms with E-state index in [1.165, 1.54) is 25.3 Å². The number of anilines is 1. The van der Waals surface area contributed by atoms with Crippen LogP contribution in [0, 0.1) is 0 Å². The highest BCUT2D eigenvalue weighted by atomic mass is 31.2. The van der Waals surface area contributed by atoms with Crippen LogP contribution in [-0.2, 0) is 4.57 Å². The van der Waals surface area contributed by atoms with E-state index in [2.05, 4.69) is 4.52 Å². The quantitative estimate of drug-likeness (QED) is 0.512. The smallest absolute Gasteiger partial charge is 0.493 e. The van der Waals surface area contributed by atoms with Crippen molar-refractivity contribution in [2.45, 2.75) is 0 Å². The van der Waals surface area contributed by atoms with Crippen molar-refractivity contribution in [3.63, 3.8) is 0 Å². The lowest BCUT2D eigenvalue weighted by Gasteiger charge is -2.10. The predicted molar refractivity (Wildman–Crippen MR) is 50.1 cm³/mol. The van der Waals surface area contributed by atoms with Crippen molar-refractivity contribution < 1.29 is 23.6 Å². The SMILES string of the molecule is COc1cc(N)ccc1OP(=O)(O)O. The summed E-state index contributed by atoms with van der Waals surface area (Å²) in [5, 5.41) is 0. The van der Waals surface area contributed by atoms with Crippen molar-refractivity contribution in [1.29, 1.82) is 0 Å². The van der Waals surface area contributed by atoms with Gasteiger partial charge in [0.25, 0.3) is 0 Å². The number of nitrogen functional groups attached to an aromatic ring is 1. The Bertz CT molecular complexity index is 374. The fourth-order valence-electron chi connectivity index (χ4n) is 0.888. The van der Waals surface area contributed by atoms with Gasteiger partial charge in [-0.15, -0.1) is 0 Å². The molecule has 6 nitrogen and oxygen atoms in total.